The molecule has 0 aliphatic rings. The van der Waals surface area contributed by atoms with E-state index in [2.05, 4.69) is 19.2 Å². The Morgan fingerprint density at radius 3 is 1.23 bits per heavy atom. The van der Waals surface area contributed by atoms with Gasteiger partial charge in [0, 0.05) is 6.42 Å². The first-order chi connectivity index (χ1) is 29.0. The number of hydrogen-bond acceptors (Lipinski definition) is 5. The van der Waals surface area contributed by atoms with Crippen molar-refractivity contribution in [3.8, 4) is 0 Å². The number of rotatable bonds is 48. The highest BCUT2D eigenvalue weighted by molar-refractivity contribution is 7.47. The molecule has 0 bridgehead atoms. The number of unbranched alkanes of at least 4 members (excludes halogenated alkanes) is 35. The smallest absolute Gasteiger partial charge is 0.387 e. The number of likely N-dealkylation sites (N-methyl/N-ethyl adjacent to an activating group) is 1. The fraction of sp³-hybridized carbons (Fsp3) is 0.941. The number of aliphatic hydroxyl groups excluding tert-OH is 1. The second-order valence-electron chi connectivity index (χ2n) is 19.3. The molecule has 358 valence electrons. The van der Waals surface area contributed by atoms with Crippen LogP contribution in [0.15, 0.2) is 12.2 Å². The van der Waals surface area contributed by atoms with Gasteiger partial charge in [-0.2, -0.15) is 0 Å². The number of phosphoric acid groups is 1. The number of hydrogen-bond donors (Lipinski definition) is 3. The molecular weight excluding hydrogens is 768 g/mol. The molecule has 3 atom stereocenters. The van der Waals surface area contributed by atoms with Crippen molar-refractivity contribution < 1.29 is 32.9 Å². The number of amides is 1. The molecule has 0 spiro atoms. The fourth-order valence-electron chi connectivity index (χ4n) is 7.87. The Kier molecular flexibility index (Phi) is 42.9. The summed E-state index contributed by atoms with van der Waals surface area (Å²) in [6.07, 6.45) is 52.2. The third-order valence-electron chi connectivity index (χ3n) is 12.0. The standard InChI is InChI=1S/C51H103N2O6P/c1-6-8-10-12-14-15-16-17-18-19-20-21-22-23-24-25-26-27-28-29-30-31-32-33-34-35-36-37-38-39-41-43-45-51(55)52-49(50(54)44-42-40-13-11-9-7-2)48-59-60(56,57)58-47-46-53(3,4)5/h42,44,49-50,54H,6-41,43,45-48H2,1-5H3,(H-,52,55,56,57)/p+1/b44-42+. The van der Waals surface area contributed by atoms with Crippen LogP contribution in [-0.4, -0.2) is 73.4 Å². The summed E-state index contributed by atoms with van der Waals surface area (Å²) in [6, 6.07) is -0.838. The minimum absolute atomic E-state index is 0.0637. The molecular formula is C51H104N2O6P+. The largest absolute Gasteiger partial charge is 0.472 e. The summed E-state index contributed by atoms with van der Waals surface area (Å²) in [4.78, 5) is 23.0. The molecule has 0 aliphatic carbocycles. The highest BCUT2D eigenvalue weighted by Crippen LogP contribution is 2.43. The van der Waals surface area contributed by atoms with Crippen LogP contribution in [0.2, 0.25) is 0 Å². The Labute approximate surface area is 373 Å². The predicted octanol–water partition coefficient (Wildman–Crippen LogP) is 15.1. The van der Waals surface area contributed by atoms with Crippen LogP contribution >= 0.6 is 7.82 Å². The van der Waals surface area contributed by atoms with Crippen molar-refractivity contribution in [2.45, 2.75) is 270 Å². The van der Waals surface area contributed by atoms with Gasteiger partial charge in [0.15, 0.2) is 0 Å². The number of nitrogens with one attached hydrogen (secondary N) is 1. The van der Waals surface area contributed by atoms with E-state index in [-0.39, 0.29) is 19.1 Å². The zero-order valence-electron chi connectivity index (χ0n) is 40.7. The second kappa shape index (κ2) is 43.5. The fourth-order valence-corrected chi connectivity index (χ4v) is 8.60. The van der Waals surface area contributed by atoms with Gasteiger partial charge in [-0.05, 0) is 19.3 Å². The maximum Gasteiger partial charge on any atom is 0.472 e. The zero-order chi connectivity index (χ0) is 44.3. The average molecular weight is 872 g/mol. The molecule has 60 heavy (non-hydrogen) atoms. The van der Waals surface area contributed by atoms with E-state index in [1.54, 1.807) is 6.08 Å². The van der Waals surface area contributed by atoms with E-state index in [1.807, 2.05) is 27.2 Å². The first-order valence-electron chi connectivity index (χ1n) is 26.1. The molecule has 3 unspecified atom stereocenters. The van der Waals surface area contributed by atoms with Gasteiger partial charge >= 0.3 is 7.82 Å². The number of aliphatic hydroxyl groups is 1. The number of carbonyl (C=O) groups excluding carboxylic acids is 1. The van der Waals surface area contributed by atoms with Gasteiger partial charge in [0.05, 0.1) is 39.9 Å². The lowest BCUT2D eigenvalue weighted by Crippen LogP contribution is -2.45. The zero-order valence-corrected chi connectivity index (χ0v) is 41.6. The monoisotopic (exact) mass is 872 g/mol. The Morgan fingerprint density at radius 2 is 0.883 bits per heavy atom. The van der Waals surface area contributed by atoms with Gasteiger partial charge in [0.2, 0.25) is 5.91 Å². The lowest BCUT2D eigenvalue weighted by atomic mass is 10.0. The van der Waals surface area contributed by atoms with E-state index in [0.29, 0.717) is 17.4 Å². The Balaban J connectivity index is 3.79. The Hall–Kier alpha value is -0.760. The van der Waals surface area contributed by atoms with E-state index in [1.165, 1.54) is 193 Å². The molecule has 8 nitrogen and oxygen atoms in total. The summed E-state index contributed by atoms with van der Waals surface area (Å²) in [5.41, 5.74) is 0. The average Bonchev–Trinajstić information content (AvgIpc) is 3.20. The quantitative estimate of drug-likeness (QED) is 0.0243. The van der Waals surface area contributed by atoms with Crippen LogP contribution in [0.1, 0.15) is 258 Å². The number of phosphoric ester groups is 1. The van der Waals surface area contributed by atoms with E-state index >= 15 is 0 Å². The van der Waals surface area contributed by atoms with Gasteiger partial charge in [-0.3, -0.25) is 13.8 Å². The topological polar surface area (TPSA) is 105 Å². The van der Waals surface area contributed by atoms with Crippen LogP contribution in [0.25, 0.3) is 0 Å². The molecule has 0 aromatic rings. The summed E-state index contributed by atoms with van der Waals surface area (Å²) in [5, 5.41) is 13.7. The van der Waals surface area contributed by atoms with Crippen molar-refractivity contribution in [1.82, 2.24) is 5.32 Å². The van der Waals surface area contributed by atoms with Gasteiger partial charge in [0.1, 0.15) is 13.2 Å². The molecule has 0 saturated heterocycles. The summed E-state index contributed by atoms with van der Waals surface area (Å²) >= 11 is 0. The summed E-state index contributed by atoms with van der Waals surface area (Å²) in [6.45, 7) is 4.76. The SMILES string of the molecule is CCCCCC/C=C/C(O)C(COP(=O)(O)OCC[N+](C)(C)C)NC(=O)CCCCCCCCCCCCCCCCCCCCCCCCCCCCCCCCCC. The Bertz CT molecular complexity index is 989. The van der Waals surface area contributed by atoms with Crippen LogP contribution in [0.3, 0.4) is 0 Å². The minimum Gasteiger partial charge on any atom is -0.387 e. The van der Waals surface area contributed by atoms with Gasteiger partial charge in [-0.1, -0.05) is 244 Å². The van der Waals surface area contributed by atoms with Crippen molar-refractivity contribution in [3.05, 3.63) is 12.2 Å². The third-order valence-corrected chi connectivity index (χ3v) is 13.0. The first-order valence-corrected chi connectivity index (χ1v) is 27.6. The second-order valence-corrected chi connectivity index (χ2v) is 20.7. The molecule has 1 amide bonds. The van der Waals surface area contributed by atoms with Crippen LogP contribution < -0.4 is 5.32 Å². The molecule has 0 radical (unpaired) electrons. The van der Waals surface area contributed by atoms with E-state index in [9.17, 15) is 19.4 Å². The summed E-state index contributed by atoms with van der Waals surface area (Å²) in [5.74, 6) is -0.178. The van der Waals surface area contributed by atoms with Gasteiger partial charge in [0.25, 0.3) is 0 Å². The van der Waals surface area contributed by atoms with Gasteiger partial charge < -0.3 is 19.8 Å². The number of quaternary nitrogens is 1. The Morgan fingerprint density at radius 1 is 0.550 bits per heavy atom. The van der Waals surface area contributed by atoms with E-state index in [0.717, 1.165) is 44.9 Å². The van der Waals surface area contributed by atoms with E-state index in [4.69, 9.17) is 9.05 Å². The predicted molar refractivity (Wildman–Crippen MR) is 259 cm³/mol. The molecule has 0 heterocycles. The molecule has 0 aromatic carbocycles. The molecule has 0 aliphatic heterocycles. The number of nitrogens with zero attached hydrogens (tertiary/aromatic N) is 1. The third kappa shape index (κ3) is 45.3. The van der Waals surface area contributed by atoms with Crippen molar-refractivity contribution in [2.24, 2.45) is 0 Å². The highest BCUT2D eigenvalue weighted by atomic mass is 31.2. The first kappa shape index (κ1) is 59.2. The number of carbonyl (C=O) groups is 1. The lowest BCUT2D eigenvalue weighted by molar-refractivity contribution is -0.870. The van der Waals surface area contributed by atoms with Gasteiger partial charge in [-0.15, -0.1) is 0 Å². The van der Waals surface area contributed by atoms with Crippen molar-refractivity contribution in [2.75, 3.05) is 40.9 Å². The molecule has 0 fully saturated rings. The van der Waals surface area contributed by atoms with Crippen molar-refractivity contribution in [3.63, 3.8) is 0 Å². The van der Waals surface area contributed by atoms with Crippen LogP contribution in [0.5, 0.6) is 0 Å². The van der Waals surface area contributed by atoms with Gasteiger partial charge in [-0.25, -0.2) is 4.57 Å². The molecule has 9 heteroatoms. The van der Waals surface area contributed by atoms with E-state index < -0.39 is 20.0 Å². The lowest BCUT2D eigenvalue weighted by Gasteiger charge is -2.25. The van der Waals surface area contributed by atoms with Crippen molar-refractivity contribution in [1.29, 1.82) is 0 Å². The number of allylic oxidation sites excluding steroid dienone is 1. The van der Waals surface area contributed by atoms with Crippen LogP contribution in [0.4, 0.5) is 0 Å². The molecule has 0 rings (SSSR count). The van der Waals surface area contributed by atoms with Crippen LogP contribution in [0, 0.1) is 0 Å². The molecule has 3 N–H and O–H groups in total. The minimum atomic E-state index is -4.32. The van der Waals surface area contributed by atoms with Crippen LogP contribution in [-0.2, 0) is 18.4 Å². The molecule has 0 aromatic heterocycles. The van der Waals surface area contributed by atoms with Crippen molar-refractivity contribution >= 4 is 13.7 Å². The maximum atomic E-state index is 12.8. The summed E-state index contributed by atoms with van der Waals surface area (Å²) < 4.78 is 23.4. The summed E-state index contributed by atoms with van der Waals surface area (Å²) in [7, 11) is 1.58. The normalized spacial score (nSPS) is 14.2. The highest BCUT2D eigenvalue weighted by Gasteiger charge is 2.27. The molecule has 0 saturated carbocycles. The maximum absolute atomic E-state index is 12.8.